The number of benzene rings is 2. The fourth-order valence-corrected chi connectivity index (χ4v) is 2.86. The highest BCUT2D eigenvalue weighted by molar-refractivity contribution is 5.92. The number of H-pyrrole nitrogens is 1. The average Bonchev–Trinajstić information content (AvgIpc) is 2.68. The van der Waals surface area contributed by atoms with Crippen molar-refractivity contribution in [2.24, 2.45) is 0 Å². The number of amides is 2. The molecule has 0 atom stereocenters. The van der Waals surface area contributed by atoms with E-state index in [2.05, 4.69) is 10.3 Å². The number of aromatic amines is 1. The number of ether oxygens (including phenoxy) is 1. The summed E-state index contributed by atoms with van der Waals surface area (Å²) in [4.78, 5) is 40.3. The summed E-state index contributed by atoms with van der Waals surface area (Å²) in [6.45, 7) is 2.32. The van der Waals surface area contributed by atoms with Gasteiger partial charge in [0.15, 0.2) is 0 Å². The molecule has 1 aromatic heterocycles. The molecule has 1 heterocycles. The predicted molar refractivity (Wildman–Crippen MR) is 107 cm³/mol. The summed E-state index contributed by atoms with van der Waals surface area (Å²) in [5, 5.41) is 3.66. The average molecular weight is 379 g/mol. The molecule has 0 aliphatic carbocycles. The van der Waals surface area contributed by atoms with Gasteiger partial charge in [-0.15, -0.1) is 0 Å². The van der Waals surface area contributed by atoms with E-state index < -0.39 is 5.97 Å². The number of pyridine rings is 1. The van der Waals surface area contributed by atoms with Crippen LogP contribution in [0, 0.1) is 0 Å². The number of urea groups is 1. The number of aromatic nitrogens is 1. The molecular formula is C21H21N3O4. The highest BCUT2D eigenvalue weighted by atomic mass is 16.5. The summed E-state index contributed by atoms with van der Waals surface area (Å²) in [6.07, 6.45) is 0. The number of esters is 1. The monoisotopic (exact) mass is 379 g/mol. The summed E-state index contributed by atoms with van der Waals surface area (Å²) < 4.78 is 4.94. The molecule has 0 unspecified atom stereocenters. The van der Waals surface area contributed by atoms with Gasteiger partial charge in [0.1, 0.15) is 0 Å². The molecular weight excluding hydrogens is 358 g/mol. The van der Waals surface area contributed by atoms with E-state index in [0.717, 1.165) is 16.5 Å². The second kappa shape index (κ2) is 8.39. The molecule has 7 nitrogen and oxygen atoms in total. The summed E-state index contributed by atoms with van der Waals surface area (Å²) >= 11 is 0. The molecule has 0 bridgehead atoms. The van der Waals surface area contributed by atoms with E-state index in [1.807, 2.05) is 24.3 Å². The van der Waals surface area contributed by atoms with Crippen molar-refractivity contribution < 1.29 is 14.3 Å². The highest BCUT2D eigenvalue weighted by Gasteiger charge is 2.13. The van der Waals surface area contributed by atoms with Crippen LogP contribution in [0.3, 0.4) is 0 Å². The zero-order valence-electron chi connectivity index (χ0n) is 15.7. The van der Waals surface area contributed by atoms with E-state index >= 15 is 0 Å². The number of carbonyl (C=O) groups excluding carboxylic acids is 2. The van der Waals surface area contributed by atoms with Crippen LogP contribution in [0.2, 0.25) is 0 Å². The summed E-state index contributed by atoms with van der Waals surface area (Å²) in [5.74, 6) is -0.404. The molecule has 144 valence electrons. The van der Waals surface area contributed by atoms with Crippen LogP contribution < -0.4 is 10.9 Å². The third-order valence-corrected chi connectivity index (χ3v) is 4.24. The highest BCUT2D eigenvalue weighted by Crippen LogP contribution is 2.17. The molecule has 0 saturated carbocycles. The lowest BCUT2D eigenvalue weighted by molar-refractivity contribution is 0.0526. The Bertz CT molecular complexity index is 1060. The zero-order valence-corrected chi connectivity index (χ0v) is 15.7. The summed E-state index contributed by atoms with van der Waals surface area (Å²) in [7, 11) is 1.65. The van der Waals surface area contributed by atoms with Crippen molar-refractivity contribution in [1.29, 1.82) is 0 Å². The first-order chi connectivity index (χ1) is 13.5. The molecule has 28 heavy (non-hydrogen) atoms. The van der Waals surface area contributed by atoms with Gasteiger partial charge in [0.05, 0.1) is 12.2 Å². The van der Waals surface area contributed by atoms with Crippen LogP contribution in [0.5, 0.6) is 0 Å². The lowest BCUT2D eigenvalue weighted by Crippen LogP contribution is -2.31. The van der Waals surface area contributed by atoms with Crippen molar-refractivity contribution in [2.45, 2.75) is 13.5 Å². The molecule has 2 N–H and O–H groups in total. The van der Waals surface area contributed by atoms with Gasteiger partial charge < -0.3 is 19.9 Å². The Kier molecular flexibility index (Phi) is 5.74. The molecule has 3 aromatic rings. The second-order valence-electron chi connectivity index (χ2n) is 6.29. The van der Waals surface area contributed by atoms with E-state index in [1.165, 1.54) is 11.0 Å². The van der Waals surface area contributed by atoms with Gasteiger partial charge in [0, 0.05) is 36.2 Å². The number of hydrogen-bond acceptors (Lipinski definition) is 4. The fraction of sp³-hybridized carbons (Fsp3) is 0.190. The minimum atomic E-state index is -0.404. The maximum Gasteiger partial charge on any atom is 0.338 e. The topological polar surface area (TPSA) is 91.5 Å². The third-order valence-electron chi connectivity index (χ3n) is 4.24. The Morgan fingerprint density at radius 1 is 1.11 bits per heavy atom. The van der Waals surface area contributed by atoms with Crippen molar-refractivity contribution in [3.63, 3.8) is 0 Å². The smallest absolute Gasteiger partial charge is 0.338 e. The number of fused-ring (bicyclic) bond motifs is 1. The summed E-state index contributed by atoms with van der Waals surface area (Å²) in [6, 6.07) is 15.1. The Balaban J connectivity index is 1.70. The number of hydrogen-bond donors (Lipinski definition) is 2. The van der Waals surface area contributed by atoms with E-state index in [-0.39, 0.29) is 18.1 Å². The van der Waals surface area contributed by atoms with E-state index in [1.54, 1.807) is 38.2 Å². The van der Waals surface area contributed by atoms with Gasteiger partial charge in [-0.2, -0.15) is 0 Å². The number of nitrogens with one attached hydrogen (secondary N) is 2. The maximum absolute atomic E-state index is 12.5. The van der Waals surface area contributed by atoms with Gasteiger partial charge in [0.2, 0.25) is 5.56 Å². The van der Waals surface area contributed by atoms with Crippen molar-refractivity contribution >= 4 is 28.6 Å². The first-order valence-electron chi connectivity index (χ1n) is 8.88. The summed E-state index contributed by atoms with van der Waals surface area (Å²) in [5.41, 5.74) is 2.25. The number of nitrogens with zero attached hydrogens (tertiary/aromatic N) is 1. The molecule has 0 fully saturated rings. The van der Waals surface area contributed by atoms with Crippen LogP contribution in [0.4, 0.5) is 10.5 Å². The van der Waals surface area contributed by atoms with Crippen LogP contribution >= 0.6 is 0 Å². The van der Waals surface area contributed by atoms with Crippen molar-refractivity contribution in [3.05, 3.63) is 76.1 Å². The van der Waals surface area contributed by atoms with E-state index in [9.17, 15) is 14.4 Å². The Labute approximate surface area is 161 Å². The van der Waals surface area contributed by atoms with Crippen LogP contribution in [0.15, 0.2) is 59.4 Å². The first kappa shape index (κ1) is 19.2. The van der Waals surface area contributed by atoms with Crippen molar-refractivity contribution in [3.8, 4) is 0 Å². The molecule has 2 aromatic carbocycles. The quantitative estimate of drug-likeness (QED) is 0.665. The van der Waals surface area contributed by atoms with Gasteiger partial charge in [-0.25, -0.2) is 9.59 Å². The van der Waals surface area contributed by atoms with Crippen molar-refractivity contribution in [2.75, 3.05) is 19.0 Å². The second-order valence-corrected chi connectivity index (χ2v) is 6.29. The minimum absolute atomic E-state index is 0.211. The molecule has 2 amide bonds. The largest absolute Gasteiger partial charge is 0.462 e. The molecule has 0 aliphatic heterocycles. The molecule has 7 heteroatoms. The molecule has 3 rings (SSSR count). The Morgan fingerprint density at radius 3 is 2.54 bits per heavy atom. The lowest BCUT2D eigenvalue weighted by atomic mass is 10.1. The minimum Gasteiger partial charge on any atom is -0.462 e. The molecule has 0 radical (unpaired) electrons. The third kappa shape index (κ3) is 4.37. The van der Waals surface area contributed by atoms with Crippen LogP contribution in [-0.2, 0) is 11.3 Å². The van der Waals surface area contributed by atoms with Crippen LogP contribution in [-0.4, -0.2) is 35.5 Å². The van der Waals surface area contributed by atoms with E-state index in [4.69, 9.17) is 4.74 Å². The molecule has 0 aliphatic rings. The molecule has 0 saturated heterocycles. The number of anilines is 1. The Hall–Kier alpha value is -3.61. The Morgan fingerprint density at radius 2 is 1.82 bits per heavy atom. The fourth-order valence-electron chi connectivity index (χ4n) is 2.86. The first-order valence-corrected chi connectivity index (χ1v) is 8.88. The maximum atomic E-state index is 12.5. The van der Waals surface area contributed by atoms with Gasteiger partial charge in [-0.05, 0) is 42.8 Å². The molecule has 0 spiro atoms. The number of rotatable bonds is 5. The number of para-hydroxylation sites is 1. The zero-order chi connectivity index (χ0) is 20.1. The lowest BCUT2D eigenvalue weighted by Gasteiger charge is -2.19. The van der Waals surface area contributed by atoms with Gasteiger partial charge in [-0.1, -0.05) is 18.2 Å². The normalized spacial score (nSPS) is 10.5. The standard InChI is InChI=1S/C21H21N3O4/c1-3-28-20(26)14-8-10-16(11-9-14)22-21(27)24(2)13-15-12-19(25)23-18-7-5-4-6-17(15)18/h4-12H,3,13H2,1-2H3,(H,22,27)(H,23,25). The predicted octanol–water partition coefficient (Wildman–Crippen LogP) is 3.37. The van der Waals surface area contributed by atoms with E-state index in [0.29, 0.717) is 17.9 Å². The van der Waals surface area contributed by atoms with Gasteiger partial charge in [0.25, 0.3) is 0 Å². The number of carbonyl (C=O) groups is 2. The van der Waals surface area contributed by atoms with Gasteiger partial charge >= 0.3 is 12.0 Å². The van der Waals surface area contributed by atoms with Gasteiger partial charge in [-0.3, -0.25) is 4.79 Å². The van der Waals surface area contributed by atoms with Crippen molar-refractivity contribution in [1.82, 2.24) is 9.88 Å². The van der Waals surface area contributed by atoms with Crippen LogP contribution in [0.1, 0.15) is 22.8 Å². The SMILES string of the molecule is CCOC(=O)c1ccc(NC(=O)N(C)Cc2cc(=O)[nH]c3ccccc23)cc1. The van der Waals surface area contributed by atoms with Crippen LogP contribution in [0.25, 0.3) is 10.9 Å².